The van der Waals surface area contributed by atoms with Crippen LogP contribution in [-0.2, 0) is 11.2 Å². The molecule has 230 valence electrons. The Balaban J connectivity index is 1.40. The van der Waals surface area contributed by atoms with Crippen LogP contribution in [-0.4, -0.2) is 76.0 Å². The fourth-order valence-electron chi connectivity index (χ4n) is 4.59. The molecule has 0 aliphatic heterocycles. The van der Waals surface area contributed by atoms with Crippen molar-refractivity contribution >= 4 is 34.1 Å². The Morgan fingerprint density at radius 2 is 1.93 bits per heavy atom. The van der Waals surface area contributed by atoms with Crippen LogP contribution in [0.5, 0.6) is 11.5 Å². The second-order valence-corrected chi connectivity index (χ2v) is 11.2. The molecule has 11 nitrogen and oxygen atoms in total. The first-order valence-corrected chi connectivity index (χ1v) is 13.9. The second kappa shape index (κ2) is 14.2. The number of rotatable bonds is 14. The van der Waals surface area contributed by atoms with Gasteiger partial charge in [0.2, 0.25) is 5.91 Å². The Bertz CT molecular complexity index is 1540. The van der Waals surface area contributed by atoms with E-state index in [1.807, 2.05) is 0 Å². The van der Waals surface area contributed by atoms with Crippen molar-refractivity contribution in [3.63, 3.8) is 0 Å². The average molecular weight is 598 g/mol. The number of methoxy groups -OCH3 is 1. The van der Waals surface area contributed by atoms with Crippen molar-refractivity contribution in [3.8, 4) is 11.5 Å². The predicted molar refractivity (Wildman–Crippen MR) is 160 cm³/mol. The van der Waals surface area contributed by atoms with Gasteiger partial charge < -0.3 is 30.1 Å². The molecule has 0 aliphatic carbocycles. The summed E-state index contributed by atoms with van der Waals surface area (Å²) in [6.45, 7) is 9.35. The minimum absolute atomic E-state index is 0.109. The highest BCUT2D eigenvalue weighted by atomic mass is 19.2. The molecule has 0 unspecified atom stereocenters. The zero-order valence-electron chi connectivity index (χ0n) is 24.7. The van der Waals surface area contributed by atoms with Crippen LogP contribution in [0.1, 0.15) is 32.9 Å². The fraction of sp³-hybridized carbons (Fsp3) is 0.400. The molecule has 0 radical (unpaired) electrons. The highest BCUT2D eigenvalue weighted by molar-refractivity contribution is 5.93. The topological polar surface area (TPSA) is 138 Å². The molecular weight excluding hydrogens is 560 g/mol. The molecule has 2 aromatic heterocycles. The number of hydrogen-bond acceptors (Lipinski definition) is 9. The van der Waals surface area contributed by atoms with Crippen molar-refractivity contribution in [3.05, 3.63) is 60.1 Å². The standard InChI is InChI=1S/C30H37F2N7O4/c1-30(2,3)17-39(10-11-40)9-6-12-43-25-16-23-20(15-24(25)42-4)29(34-18-33-23)36-26-13-19(37-38-26)14-27(41)35-22-8-5-7-21(31)28(22)32/h5,7-8,13,15-16,18,40H,6,9-12,14,17H2,1-4H3,(H,35,41)(H2,33,34,36,37,38). The number of anilines is 3. The van der Waals surface area contributed by atoms with Crippen LogP contribution in [0.15, 0.2) is 42.7 Å². The smallest absolute Gasteiger partial charge is 0.230 e. The van der Waals surface area contributed by atoms with Crippen LogP contribution in [0.4, 0.5) is 26.1 Å². The van der Waals surface area contributed by atoms with Crippen molar-refractivity contribution in [2.24, 2.45) is 5.41 Å². The summed E-state index contributed by atoms with van der Waals surface area (Å²) in [6, 6.07) is 8.74. The van der Waals surface area contributed by atoms with Gasteiger partial charge in [0.1, 0.15) is 12.1 Å². The molecular formula is C30H37F2N7O4. The fourth-order valence-corrected chi connectivity index (χ4v) is 4.59. The van der Waals surface area contributed by atoms with Crippen molar-refractivity contribution in [1.82, 2.24) is 25.1 Å². The lowest BCUT2D eigenvalue weighted by Crippen LogP contribution is -2.36. The van der Waals surface area contributed by atoms with Crippen molar-refractivity contribution < 1.29 is 28.2 Å². The molecule has 2 heterocycles. The molecule has 0 fully saturated rings. The molecule has 0 aliphatic rings. The maximum absolute atomic E-state index is 13.9. The number of H-pyrrole nitrogens is 1. The molecule has 13 heteroatoms. The van der Waals surface area contributed by atoms with Crippen LogP contribution >= 0.6 is 0 Å². The quantitative estimate of drug-likeness (QED) is 0.153. The summed E-state index contributed by atoms with van der Waals surface area (Å²) in [4.78, 5) is 23.3. The monoisotopic (exact) mass is 597 g/mol. The Morgan fingerprint density at radius 1 is 1.12 bits per heavy atom. The molecule has 1 amide bonds. The number of amides is 1. The van der Waals surface area contributed by atoms with Gasteiger partial charge in [0.25, 0.3) is 0 Å². The lowest BCUT2D eigenvalue weighted by Gasteiger charge is -2.29. The molecule has 4 aromatic rings. The molecule has 4 N–H and O–H groups in total. The maximum atomic E-state index is 13.9. The highest BCUT2D eigenvalue weighted by Gasteiger charge is 2.17. The summed E-state index contributed by atoms with van der Waals surface area (Å²) in [5.74, 6) is -0.802. The molecule has 43 heavy (non-hydrogen) atoms. The van der Waals surface area contributed by atoms with Crippen molar-refractivity contribution in [2.75, 3.05) is 50.6 Å². The number of aliphatic hydroxyl groups excluding tert-OH is 1. The van der Waals surface area contributed by atoms with Gasteiger partial charge in [-0.05, 0) is 30.0 Å². The van der Waals surface area contributed by atoms with Gasteiger partial charge in [-0.15, -0.1) is 0 Å². The van der Waals surface area contributed by atoms with E-state index < -0.39 is 17.5 Å². The van der Waals surface area contributed by atoms with Gasteiger partial charge in [0, 0.05) is 42.8 Å². The van der Waals surface area contributed by atoms with E-state index in [9.17, 15) is 18.7 Å². The highest BCUT2D eigenvalue weighted by Crippen LogP contribution is 2.34. The van der Waals surface area contributed by atoms with Gasteiger partial charge in [-0.25, -0.2) is 18.7 Å². The largest absolute Gasteiger partial charge is 0.493 e. The molecule has 0 saturated heterocycles. The lowest BCUT2D eigenvalue weighted by atomic mass is 9.96. The maximum Gasteiger partial charge on any atom is 0.230 e. The van der Waals surface area contributed by atoms with Gasteiger partial charge >= 0.3 is 0 Å². The number of carbonyl (C=O) groups is 1. The van der Waals surface area contributed by atoms with E-state index in [2.05, 4.69) is 56.5 Å². The third-order valence-electron chi connectivity index (χ3n) is 6.37. The number of carbonyl (C=O) groups excluding carboxylic acids is 1. The number of fused-ring (bicyclic) bond motifs is 1. The van der Waals surface area contributed by atoms with E-state index >= 15 is 0 Å². The number of nitrogens with one attached hydrogen (secondary N) is 3. The van der Waals surface area contributed by atoms with E-state index in [1.54, 1.807) is 25.3 Å². The van der Waals surface area contributed by atoms with Gasteiger partial charge in [0.15, 0.2) is 29.0 Å². The second-order valence-electron chi connectivity index (χ2n) is 11.2. The molecule has 4 rings (SSSR count). The molecule has 0 spiro atoms. The normalized spacial score (nSPS) is 11.6. The molecule has 0 atom stereocenters. The van der Waals surface area contributed by atoms with Crippen LogP contribution in [0.2, 0.25) is 0 Å². The molecule has 2 aromatic carbocycles. The van der Waals surface area contributed by atoms with Crippen LogP contribution in [0.25, 0.3) is 10.9 Å². The number of ether oxygens (including phenoxy) is 2. The van der Waals surface area contributed by atoms with Crippen LogP contribution in [0, 0.1) is 17.0 Å². The van der Waals surface area contributed by atoms with Gasteiger partial charge in [-0.2, -0.15) is 5.10 Å². The van der Waals surface area contributed by atoms with Crippen LogP contribution < -0.4 is 20.1 Å². The van der Waals surface area contributed by atoms with E-state index in [0.717, 1.165) is 25.6 Å². The molecule has 0 saturated carbocycles. The first kappa shape index (κ1) is 31.6. The van der Waals surface area contributed by atoms with E-state index in [4.69, 9.17) is 9.47 Å². The van der Waals surface area contributed by atoms with Crippen LogP contribution in [0.3, 0.4) is 0 Å². The summed E-state index contributed by atoms with van der Waals surface area (Å²) < 4.78 is 38.9. The SMILES string of the molecule is COc1cc2c(Nc3cc(CC(=O)Nc4cccc(F)c4F)[nH]n3)ncnc2cc1OCCCN(CCO)CC(C)(C)C. The first-order chi connectivity index (χ1) is 20.6. The van der Waals surface area contributed by atoms with E-state index in [0.29, 0.717) is 52.9 Å². The number of aliphatic hydroxyl groups is 1. The summed E-state index contributed by atoms with van der Waals surface area (Å²) in [5, 5.41) is 22.5. The Labute approximate surface area is 248 Å². The Hall–Kier alpha value is -4.36. The first-order valence-electron chi connectivity index (χ1n) is 13.9. The number of nitrogens with zero attached hydrogens (tertiary/aromatic N) is 4. The van der Waals surface area contributed by atoms with Gasteiger partial charge in [-0.3, -0.25) is 9.89 Å². The minimum Gasteiger partial charge on any atom is -0.493 e. The van der Waals surface area contributed by atoms with Gasteiger partial charge in [-0.1, -0.05) is 26.8 Å². The van der Waals surface area contributed by atoms with E-state index in [-0.39, 0.29) is 24.1 Å². The van der Waals surface area contributed by atoms with E-state index in [1.165, 1.54) is 18.5 Å². The Morgan fingerprint density at radius 3 is 2.67 bits per heavy atom. The predicted octanol–water partition coefficient (Wildman–Crippen LogP) is 4.67. The third-order valence-corrected chi connectivity index (χ3v) is 6.37. The molecule has 0 bridgehead atoms. The number of hydrogen-bond donors (Lipinski definition) is 4. The minimum atomic E-state index is -1.12. The van der Waals surface area contributed by atoms with Crippen molar-refractivity contribution in [1.29, 1.82) is 0 Å². The summed E-state index contributed by atoms with van der Waals surface area (Å²) in [7, 11) is 1.55. The summed E-state index contributed by atoms with van der Waals surface area (Å²) in [5.41, 5.74) is 0.954. The zero-order valence-corrected chi connectivity index (χ0v) is 24.7. The third kappa shape index (κ3) is 8.82. The summed E-state index contributed by atoms with van der Waals surface area (Å²) >= 11 is 0. The number of halogens is 2. The average Bonchev–Trinajstić information content (AvgIpc) is 3.39. The lowest BCUT2D eigenvalue weighted by molar-refractivity contribution is -0.115. The van der Waals surface area contributed by atoms with Gasteiger partial charge in [0.05, 0.1) is 37.9 Å². The number of benzene rings is 2. The van der Waals surface area contributed by atoms with Crippen molar-refractivity contribution in [2.45, 2.75) is 33.6 Å². The Kier molecular flexibility index (Phi) is 10.4. The number of aromatic nitrogens is 4. The summed E-state index contributed by atoms with van der Waals surface area (Å²) in [6.07, 6.45) is 2.04. The zero-order chi connectivity index (χ0) is 31.0. The number of aromatic amines is 1.